The molecule has 1 N–H and O–H groups in total. The molecule has 0 bridgehead atoms. The van der Waals surface area contributed by atoms with E-state index in [0.29, 0.717) is 11.7 Å². The van der Waals surface area contributed by atoms with Crippen LogP contribution in [0.4, 0.5) is 5.82 Å². The third-order valence-corrected chi connectivity index (χ3v) is 4.17. The van der Waals surface area contributed by atoms with Crippen LogP contribution >= 0.6 is 0 Å². The maximum absolute atomic E-state index is 12.2. The molecule has 8 nitrogen and oxygen atoms in total. The van der Waals surface area contributed by atoms with Gasteiger partial charge >= 0.3 is 0 Å². The van der Waals surface area contributed by atoms with Crippen LogP contribution in [0, 0.1) is 11.8 Å². The summed E-state index contributed by atoms with van der Waals surface area (Å²) in [6.45, 7) is 6.57. The van der Waals surface area contributed by atoms with Gasteiger partial charge in [-0.25, -0.2) is 19.6 Å². The van der Waals surface area contributed by atoms with Crippen molar-refractivity contribution in [2.75, 3.05) is 24.5 Å². The number of rotatable bonds is 5. The highest BCUT2D eigenvalue weighted by molar-refractivity contribution is 5.78. The molecular formula is C16H23N7O. The van der Waals surface area contributed by atoms with Gasteiger partial charge in [-0.05, 0) is 18.8 Å². The number of anilines is 1. The van der Waals surface area contributed by atoms with Gasteiger partial charge in [0.05, 0.1) is 0 Å². The van der Waals surface area contributed by atoms with Crippen molar-refractivity contribution in [3.63, 3.8) is 0 Å². The number of aromatic nitrogens is 5. The Morgan fingerprint density at radius 2 is 2.00 bits per heavy atom. The third kappa shape index (κ3) is 3.87. The molecule has 1 aliphatic rings. The summed E-state index contributed by atoms with van der Waals surface area (Å²) in [7, 11) is 0. The van der Waals surface area contributed by atoms with Gasteiger partial charge in [-0.2, -0.15) is 5.10 Å². The molecule has 0 atom stereocenters. The second-order valence-electron chi connectivity index (χ2n) is 6.47. The van der Waals surface area contributed by atoms with E-state index >= 15 is 0 Å². The largest absolute Gasteiger partial charge is 0.356 e. The quantitative estimate of drug-likeness (QED) is 0.882. The molecule has 24 heavy (non-hydrogen) atoms. The Morgan fingerprint density at radius 3 is 2.67 bits per heavy atom. The number of piperidine rings is 1. The van der Waals surface area contributed by atoms with Gasteiger partial charge in [-0.1, -0.05) is 13.8 Å². The number of hydrogen-bond donors (Lipinski definition) is 1. The molecule has 0 spiro atoms. The van der Waals surface area contributed by atoms with Crippen molar-refractivity contribution in [2.45, 2.75) is 26.7 Å². The standard InChI is InChI=1S/C16H23N7O/c1-12(2)8-18-16(24)13-3-5-22(6-4-13)14-7-15(20-10-19-14)23-11-17-9-21-23/h7,9-13H,3-6,8H2,1-2H3,(H,18,24). The van der Waals surface area contributed by atoms with Gasteiger partial charge in [0.25, 0.3) is 0 Å². The van der Waals surface area contributed by atoms with Gasteiger partial charge in [-0.15, -0.1) is 0 Å². The lowest BCUT2D eigenvalue weighted by Crippen LogP contribution is -2.41. The van der Waals surface area contributed by atoms with Crippen molar-refractivity contribution >= 4 is 11.7 Å². The van der Waals surface area contributed by atoms with Crippen molar-refractivity contribution in [3.8, 4) is 5.82 Å². The lowest BCUT2D eigenvalue weighted by Gasteiger charge is -2.32. The third-order valence-electron chi connectivity index (χ3n) is 4.17. The summed E-state index contributed by atoms with van der Waals surface area (Å²) in [5.74, 6) is 2.29. The number of nitrogens with one attached hydrogen (secondary N) is 1. The molecule has 0 radical (unpaired) electrons. The van der Waals surface area contributed by atoms with Gasteiger partial charge in [-0.3, -0.25) is 4.79 Å². The van der Waals surface area contributed by atoms with E-state index in [1.807, 2.05) is 6.07 Å². The number of nitrogens with zero attached hydrogens (tertiary/aromatic N) is 6. The molecule has 2 aromatic heterocycles. The first kappa shape index (κ1) is 16.4. The van der Waals surface area contributed by atoms with Gasteiger partial charge in [0, 0.05) is 31.6 Å². The SMILES string of the molecule is CC(C)CNC(=O)C1CCN(c2cc(-n3cncn3)ncn2)CC1. The zero-order valence-corrected chi connectivity index (χ0v) is 14.1. The number of carbonyl (C=O) groups excluding carboxylic acids is 1. The molecule has 8 heteroatoms. The van der Waals surface area contributed by atoms with Crippen LogP contribution in [0.2, 0.25) is 0 Å². The highest BCUT2D eigenvalue weighted by atomic mass is 16.1. The monoisotopic (exact) mass is 329 g/mol. The Labute approximate surface area is 141 Å². The Morgan fingerprint density at radius 1 is 1.25 bits per heavy atom. The Bertz CT molecular complexity index is 663. The molecule has 2 aromatic rings. The van der Waals surface area contributed by atoms with Gasteiger partial charge in [0.1, 0.15) is 24.8 Å². The zero-order chi connectivity index (χ0) is 16.9. The topological polar surface area (TPSA) is 88.8 Å². The average molecular weight is 329 g/mol. The lowest BCUT2D eigenvalue weighted by molar-refractivity contribution is -0.125. The van der Waals surface area contributed by atoms with Crippen molar-refractivity contribution in [2.24, 2.45) is 11.8 Å². The summed E-state index contributed by atoms with van der Waals surface area (Å²) in [6, 6.07) is 1.90. The van der Waals surface area contributed by atoms with Crippen LogP contribution < -0.4 is 10.2 Å². The fraction of sp³-hybridized carbons (Fsp3) is 0.562. The minimum atomic E-state index is 0.0941. The summed E-state index contributed by atoms with van der Waals surface area (Å²) < 4.78 is 1.61. The van der Waals surface area contributed by atoms with E-state index in [9.17, 15) is 4.79 Å². The van der Waals surface area contributed by atoms with Crippen molar-refractivity contribution in [1.29, 1.82) is 0 Å². The van der Waals surface area contributed by atoms with Gasteiger partial charge in [0.2, 0.25) is 5.91 Å². The van der Waals surface area contributed by atoms with E-state index in [1.165, 1.54) is 12.7 Å². The smallest absolute Gasteiger partial charge is 0.223 e. The molecule has 1 saturated heterocycles. The number of hydrogen-bond acceptors (Lipinski definition) is 6. The highest BCUT2D eigenvalue weighted by Gasteiger charge is 2.25. The first-order chi connectivity index (χ1) is 11.6. The van der Waals surface area contributed by atoms with Crippen molar-refractivity contribution in [1.82, 2.24) is 30.0 Å². The molecule has 0 saturated carbocycles. The normalized spacial score (nSPS) is 15.7. The Hall–Kier alpha value is -2.51. The number of amides is 1. The van der Waals surface area contributed by atoms with Gasteiger partial charge in [0.15, 0.2) is 5.82 Å². The molecule has 0 aliphatic carbocycles. The molecule has 128 valence electrons. The van der Waals surface area contributed by atoms with E-state index < -0.39 is 0 Å². The van der Waals surface area contributed by atoms with Crippen LogP contribution in [-0.2, 0) is 4.79 Å². The molecule has 1 fully saturated rings. The van der Waals surface area contributed by atoms with Crippen molar-refractivity contribution in [3.05, 3.63) is 25.0 Å². The molecule has 0 unspecified atom stereocenters. The second-order valence-corrected chi connectivity index (χ2v) is 6.47. The second kappa shape index (κ2) is 7.37. The summed E-state index contributed by atoms with van der Waals surface area (Å²) in [5, 5.41) is 7.12. The molecule has 3 heterocycles. The van der Waals surface area contributed by atoms with Crippen LogP contribution in [0.5, 0.6) is 0 Å². The lowest BCUT2D eigenvalue weighted by atomic mass is 9.95. The van der Waals surface area contributed by atoms with Crippen LogP contribution in [-0.4, -0.2) is 50.3 Å². The Balaban J connectivity index is 1.59. The molecule has 1 aliphatic heterocycles. The van der Waals surface area contributed by atoms with E-state index in [0.717, 1.165) is 38.3 Å². The van der Waals surface area contributed by atoms with Crippen molar-refractivity contribution < 1.29 is 4.79 Å². The molecule has 1 amide bonds. The fourth-order valence-corrected chi connectivity index (χ4v) is 2.78. The minimum Gasteiger partial charge on any atom is -0.356 e. The maximum Gasteiger partial charge on any atom is 0.223 e. The van der Waals surface area contributed by atoms with Crippen LogP contribution in [0.1, 0.15) is 26.7 Å². The molecule has 3 rings (SSSR count). The van der Waals surface area contributed by atoms with E-state index in [4.69, 9.17) is 0 Å². The summed E-state index contributed by atoms with van der Waals surface area (Å²) >= 11 is 0. The molecular weight excluding hydrogens is 306 g/mol. The first-order valence-electron chi connectivity index (χ1n) is 8.33. The molecule has 0 aromatic carbocycles. The van der Waals surface area contributed by atoms with Crippen LogP contribution in [0.25, 0.3) is 5.82 Å². The van der Waals surface area contributed by atoms with E-state index in [-0.39, 0.29) is 11.8 Å². The predicted molar refractivity (Wildman–Crippen MR) is 89.7 cm³/mol. The van der Waals surface area contributed by atoms with Crippen LogP contribution in [0.15, 0.2) is 25.0 Å². The van der Waals surface area contributed by atoms with Crippen LogP contribution in [0.3, 0.4) is 0 Å². The zero-order valence-electron chi connectivity index (χ0n) is 14.1. The minimum absolute atomic E-state index is 0.0941. The fourth-order valence-electron chi connectivity index (χ4n) is 2.78. The Kier molecular flexibility index (Phi) is 5.02. The summed E-state index contributed by atoms with van der Waals surface area (Å²) in [4.78, 5) is 26.9. The van der Waals surface area contributed by atoms with Gasteiger partial charge < -0.3 is 10.2 Å². The van der Waals surface area contributed by atoms with E-state index in [1.54, 1.807) is 11.0 Å². The number of carbonyl (C=O) groups is 1. The maximum atomic E-state index is 12.2. The summed E-state index contributed by atoms with van der Waals surface area (Å²) in [5.41, 5.74) is 0. The average Bonchev–Trinajstić information content (AvgIpc) is 3.14. The summed E-state index contributed by atoms with van der Waals surface area (Å²) in [6.07, 6.45) is 6.30. The predicted octanol–water partition coefficient (Wildman–Crippen LogP) is 1.05. The van der Waals surface area contributed by atoms with E-state index in [2.05, 4.69) is 44.1 Å². The first-order valence-corrected chi connectivity index (χ1v) is 8.33. The highest BCUT2D eigenvalue weighted by Crippen LogP contribution is 2.22.